The average molecular weight is 361 g/mol. The Hall–Kier alpha value is -2.24. The molecule has 2 aliphatic rings. The van der Waals surface area contributed by atoms with Gasteiger partial charge in [-0.05, 0) is 43.9 Å². The summed E-state index contributed by atoms with van der Waals surface area (Å²) >= 11 is 0. The molecule has 1 aromatic rings. The third-order valence-corrected chi connectivity index (χ3v) is 6.60. The van der Waals surface area contributed by atoms with Crippen LogP contribution in [0.1, 0.15) is 39.2 Å². The number of carbonyl (C=O) groups excluding carboxylic acids is 2. The number of esters is 1. The van der Waals surface area contributed by atoms with Crippen molar-refractivity contribution in [2.75, 3.05) is 20.8 Å². The van der Waals surface area contributed by atoms with Crippen LogP contribution in [0.2, 0.25) is 0 Å². The highest BCUT2D eigenvalue weighted by atomic mass is 16.6. The quantitative estimate of drug-likeness (QED) is 0.788. The minimum atomic E-state index is -1.06. The second-order valence-corrected chi connectivity index (χ2v) is 7.87. The summed E-state index contributed by atoms with van der Waals surface area (Å²) in [6, 6.07) is 5.69. The first-order valence-electron chi connectivity index (χ1n) is 8.94. The molecule has 2 fully saturated rings. The van der Waals surface area contributed by atoms with Crippen LogP contribution >= 0.6 is 0 Å². The maximum absolute atomic E-state index is 12.9. The van der Waals surface area contributed by atoms with E-state index in [2.05, 4.69) is 5.32 Å². The molecule has 2 bridgehead atoms. The summed E-state index contributed by atoms with van der Waals surface area (Å²) in [7, 11) is 3.19. The highest BCUT2D eigenvalue weighted by Gasteiger charge is 2.75. The number of fused-ring (bicyclic) bond motifs is 2. The molecule has 1 aliphatic heterocycles. The minimum Gasteiger partial charge on any atom is -0.493 e. The lowest BCUT2D eigenvalue weighted by atomic mass is 9.66. The third kappa shape index (κ3) is 2.38. The van der Waals surface area contributed by atoms with Crippen LogP contribution in [-0.2, 0) is 20.7 Å². The SMILES string of the molecule is COc1ccc(CCNC(=O)[C@@]23CC[C@@](C)(C(=O)O2)C3(C)C)cc1OC. The Kier molecular flexibility index (Phi) is 4.41. The van der Waals surface area contributed by atoms with E-state index < -0.39 is 16.4 Å². The van der Waals surface area contributed by atoms with Crippen LogP contribution < -0.4 is 14.8 Å². The fraction of sp³-hybridized carbons (Fsp3) is 0.600. The topological polar surface area (TPSA) is 73.9 Å². The van der Waals surface area contributed by atoms with Crippen molar-refractivity contribution in [3.05, 3.63) is 23.8 Å². The van der Waals surface area contributed by atoms with Crippen LogP contribution in [0.3, 0.4) is 0 Å². The van der Waals surface area contributed by atoms with Crippen molar-refractivity contribution in [3.63, 3.8) is 0 Å². The first kappa shape index (κ1) is 18.5. The van der Waals surface area contributed by atoms with E-state index in [9.17, 15) is 9.59 Å². The molecule has 2 atom stereocenters. The van der Waals surface area contributed by atoms with Gasteiger partial charge in [-0.15, -0.1) is 0 Å². The van der Waals surface area contributed by atoms with Gasteiger partial charge in [-0.2, -0.15) is 0 Å². The van der Waals surface area contributed by atoms with Gasteiger partial charge in [0, 0.05) is 12.0 Å². The van der Waals surface area contributed by atoms with Crippen LogP contribution in [0, 0.1) is 10.8 Å². The molecule has 6 nitrogen and oxygen atoms in total. The molecule has 0 aromatic heterocycles. The molecule has 0 unspecified atom stereocenters. The maximum atomic E-state index is 12.9. The van der Waals surface area contributed by atoms with E-state index in [1.165, 1.54) is 0 Å². The van der Waals surface area contributed by atoms with Crippen LogP contribution in [0.15, 0.2) is 18.2 Å². The fourth-order valence-electron chi connectivity index (χ4n) is 4.25. The highest BCUT2D eigenvalue weighted by molar-refractivity contribution is 5.96. The number of rotatable bonds is 6. The van der Waals surface area contributed by atoms with Gasteiger partial charge in [-0.3, -0.25) is 9.59 Å². The lowest BCUT2D eigenvalue weighted by molar-refractivity contribution is -0.168. The van der Waals surface area contributed by atoms with Crippen molar-refractivity contribution in [2.45, 2.75) is 45.6 Å². The van der Waals surface area contributed by atoms with Gasteiger partial charge < -0.3 is 19.5 Å². The zero-order chi connectivity index (χ0) is 19.2. The van der Waals surface area contributed by atoms with E-state index >= 15 is 0 Å². The van der Waals surface area contributed by atoms with Crippen molar-refractivity contribution in [1.29, 1.82) is 0 Å². The molecule has 1 N–H and O–H groups in total. The van der Waals surface area contributed by atoms with E-state index in [0.29, 0.717) is 37.3 Å². The Morgan fingerprint density at radius 2 is 1.85 bits per heavy atom. The predicted octanol–water partition coefficient (Wildman–Crippen LogP) is 2.48. The molecule has 3 rings (SSSR count). The van der Waals surface area contributed by atoms with E-state index in [-0.39, 0.29) is 11.9 Å². The monoisotopic (exact) mass is 361 g/mol. The van der Waals surface area contributed by atoms with Crippen LogP contribution in [0.25, 0.3) is 0 Å². The summed E-state index contributed by atoms with van der Waals surface area (Å²) in [5, 5.41) is 2.96. The van der Waals surface area contributed by atoms with Crippen molar-refractivity contribution >= 4 is 11.9 Å². The molecule has 26 heavy (non-hydrogen) atoms. The maximum Gasteiger partial charge on any atom is 0.313 e. The van der Waals surface area contributed by atoms with Gasteiger partial charge in [-0.25, -0.2) is 0 Å². The summed E-state index contributed by atoms with van der Waals surface area (Å²) < 4.78 is 16.1. The normalized spacial score (nSPS) is 28.6. The molecule has 1 amide bonds. The molecule has 1 heterocycles. The van der Waals surface area contributed by atoms with Crippen LogP contribution in [0.5, 0.6) is 11.5 Å². The Bertz CT molecular complexity index is 744. The van der Waals surface area contributed by atoms with Gasteiger partial charge in [-0.1, -0.05) is 19.9 Å². The van der Waals surface area contributed by atoms with Gasteiger partial charge in [0.2, 0.25) is 0 Å². The van der Waals surface area contributed by atoms with Gasteiger partial charge >= 0.3 is 5.97 Å². The van der Waals surface area contributed by atoms with Crippen molar-refractivity contribution in [3.8, 4) is 11.5 Å². The van der Waals surface area contributed by atoms with E-state index in [0.717, 1.165) is 5.56 Å². The van der Waals surface area contributed by atoms with Crippen molar-refractivity contribution in [2.24, 2.45) is 10.8 Å². The molecular formula is C20H27NO5. The molecule has 142 valence electrons. The number of methoxy groups -OCH3 is 2. The summed E-state index contributed by atoms with van der Waals surface area (Å²) in [6.45, 7) is 6.28. The number of hydrogen-bond acceptors (Lipinski definition) is 5. The number of ether oxygens (including phenoxy) is 3. The molecular weight excluding hydrogens is 334 g/mol. The Labute approximate surface area is 154 Å². The molecule has 0 radical (unpaired) electrons. The molecule has 1 aliphatic carbocycles. The number of benzene rings is 1. The van der Waals surface area contributed by atoms with Crippen molar-refractivity contribution in [1.82, 2.24) is 5.32 Å². The first-order chi connectivity index (χ1) is 12.2. The van der Waals surface area contributed by atoms with Gasteiger partial charge in [0.1, 0.15) is 0 Å². The summed E-state index contributed by atoms with van der Waals surface area (Å²) in [5.74, 6) is 0.873. The molecule has 1 saturated heterocycles. The lowest BCUT2D eigenvalue weighted by Crippen LogP contribution is -2.53. The minimum absolute atomic E-state index is 0.197. The van der Waals surface area contributed by atoms with Crippen molar-refractivity contribution < 1.29 is 23.8 Å². The van der Waals surface area contributed by atoms with Crippen LogP contribution in [0.4, 0.5) is 0 Å². The lowest BCUT2D eigenvalue weighted by Gasteiger charge is -2.35. The van der Waals surface area contributed by atoms with Gasteiger partial charge in [0.25, 0.3) is 5.91 Å². The smallest absolute Gasteiger partial charge is 0.313 e. The summed E-state index contributed by atoms with van der Waals surface area (Å²) in [5.41, 5.74) is -1.14. The van der Waals surface area contributed by atoms with Gasteiger partial charge in [0.05, 0.1) is 19.6 Å². The first-order valence-corrected chi connectivity index (χ1v) is 8.94. The number of amides is 1. The molecule has 1 saturated carbocycles. The zero-order valence-electron chi connectivity index (χ0n) is 16.1. The third-order valence-electron chi connectivity index (χ3n) is 6.60. The van der Waals surface area contributed by atoms with E-state index in [1.807, 2.05) is 39.0 Å². The van der Waals surface area contributed by atoms with E-state index in [4.69, 9.17) is 14.2 Å². The second kappa shape index (κ2) is 6.18. The summed E-state index contributed by atoms with van der Waals surface area (Å²) in [4.78, 5) is 25.2. The predicted molar refractivity (Wildman–Crippen MR) is 96.2 cm³/mol. The average Bonchev–Trinajstić information content (AvgIpc) is 2.91. The van der Waals surface area contributed by atoms with Crippen LogP contribution in [-0.4, -0.2) is 38.2 Å². The Morgan fingerprint density at radius 3 is 2.38 bits per heavy atom. The zero-order valence-corrected chi connectivity index (χ0v) is 16.1. The van der Waals surface area contributed by atoms with Gasteiger partial charge in [0.15, 0.2) is 17.1 Å². The van der Waals surface area contributed by atoms with E-state index in [1.54, 1.807) is 14.2 Å². The number of carbonyl (C=O) groups is 2. The Balaban J connectivity index is 1.66. The summed E-state index contributed by atoms with van der Waals surface area (Å²) in [6.07, 6.45) is 1.90. The standard InChI is InChI=1S/C20H27NO5/c1-18(2)19(3)9-10-20(18,26-17(19)23)16(22)21-11-8-13-6-7-14(24-4)15(12-13)25-5/h6-7,12H,8-11H2,1-5H3,(H,21,22)/t19-,20+/m0/s1. The largest absolute Gasteiger partial charge is 0.493 e. The molecule has 1 aromatic carbocycles. The second-order valence-electron chi connectivity index (χ2n) is 7.87. The molecule has 6 heteroatoms. The molecule has 0 spiro atoms. The number of hydrogen-bond donors (Lipinski definition) is 1. The Morgan fingerprint density at radius 1 is 1.15 bits per heavy atom. The number of nitrogens with one attached hydrogen (secondary N) is 1. The fourth-order valence-corrected chi connectivity index (χ4v) is 4.25. The highest BCUT2D eigenvalue weighted by Crippen LogP contribution is 2.65.